The van der Waals surface area contributed by atoms with Crippen molar-refractivity contribution >= 4 is 12.6 Å². The van der Waals surface area contributed by atoms with Gasteiger partial charge in [0.25, 0.3) is 0 Å². The van der Waals surface area contributed by atoms with E-state index in [1.54, 1.807) is 7.05 Å². The zero-order chi connectivity index (χ0) is 24.2. The first-order valence-corrected chi connectivity index (χ1v) is 10.1. The van der Waals surface area contributed by atoms with E-state index in [0.717, 1.165) is 19.8 Å². The second kappa shape index (κ2) is 29.8. The van der Waals surface area contributed by atoms with Gasteiger partial charge in [0.2, 0.25) is 0 Å². The highest BCUT2D eigenvalue weighted by Gasteiger charge is 1.94. The van der Waals surface area contributed by atoms with Crippen LogP contribution in [-0.2, 0) is 16.0 Å². The standard InChI is InChI=1S/C8H10.C7H8.2C4H9NO2.CH4O/c1-2-8-6-4-3-5-7-8;1-7-5-3-2-4-6-7;1-5-2-4(7)3-6;6-3-1-5-2-4-7;1-2/h3-7H,2H2,1H3;2-6H,1H3;3-5,7H,2H2,1H3;3,5,7H,1-2,4H2;2H,1H3. The number of carbonyl (C=O) groups is 2. The van der Waals surface area contributed by atoms with Crippen molar-refractivity contribution in [1.82, 2.24) is 10.6 Å². The molecule has 0 aromatic heterocycles. The van der Waals surface area contributed by atoms with Crippen molar-refractivity contribution in [3.05, 3.63) is 71.8 Å². The molecule has 0 aliphatic rings. The van der Waals surface area contributed by atoms with E-state index in [9.17, 15) is 9.59 Å². The van der Waals surface area contributed by atoms with Gasteiger partial charge in [-0.15, -0.1) is 0 Å². The molecule has 2 aromatic carbocycles. The number of hydrogen-bond donors (Lipinski definition) is 5. The van der Waals surface area contributed by atoms with Gasteiger partial charge in [-0.1, -0.05) is 73.2 Å². The molecule has 0 aliphatic carbocycles. The van der Waals surface area contributed by atoms with Gasteiger partial charge in [0.1, 0.15) is 18.7 Å². The first kappa shape index (κ1) is 33.2. The third kappa shape index (κ3) is 29.9. The summed E-state index contributed by atoms with van der Waals surface area (Å²) in [5, 5.41) is 28.8. The largest absolute Gasteiger partial charge is 0.400 e. The van der Waals surface area contributed by atoms with E-state index in [1.165, 1.54) is 11.1 Å². The molecule has 1 atom stereocenters. The number of carbonyl (C=O) groups excluding carboxylic acids is 2. The topological polar surface area (TPSA) is 119 Å². The van der Waals surface area contributed by atoms with E-state index in [0.29, 0.717) is 25.9 Å². The van der Waals surface area contributed by atoms with Gasteiger partial charge in [-0.2, -0.15) is 0 Å². The summed E-state index contributed by atoms with van der Waals surface area (Å²) >= 11 is 0. The minimum absolute atomic E-state index is 0.0911. The molecule has 0 saturated carbocycles. The van der Waals surface area contributed by atoms with Crippen LogP contribution in [-0.4, -0.2) is 74.4 Å². The molecule has 0 bridgehead atoms. The van der Waals surface area contributed by atoms with Crippen LogP contribution in [0.4, 0.5) is 0 Å². The first-order valence-electron chi connectivity index (χ1n) is 10.1. The molecule has 0 heterocycles. The third-order valence-electron chi connectivity index (χ3n) is 3.28. The Balaban J connectivity index is -0.000000329. The lowest BCUT2D eigenvalue weighted by atomic mass is 10.2. The van der Waals surface area contributed by atoms with Crippen molar-refractivity contribution in [3.8, 4) is 0 Å². The van der Waals surface area contributed by atoms with Crippen molar-refractivity contribution in [2.75, 3.05) is 40.4 Å². The van der Waals surface area contributed by atoms with Crippen molar-refractivity contribution in [2.24, 2.45) is 0 Å². The van der Waals surface area contributed by atoms with Crippen LogP contribution in [0.25, 0.3) is 0 Å². The van der Waals surface area contributed by atoms with Crippen LogP contribution in [0.15, 0.2) is 60.7 Å². The highest BCUT2D eigenvalue weighted by molar-refractivity contribution is 5.55. The predicted molar refractivity (Wildman–Crippen MR) is 127 cm³/mol. The number of likely N-dealkylation sites (N-methyl/N-ethyl adjacent to an activating group) is 1. The van der Waals surface area contributed by atoms with Gasteiger partial charge >= 0.3 is 0 Å². The normalized spacial score (nSPS) is 9.52. The molecule has 7 nitrogen and oxygen atoms in total. The summed E-state index contributed by atoms with van der Waals surface area (Å²) in [6.07, 6.45) is 1.55. The maximum Gasteiger partial charge on any atom is 0.149 e. The van der Waals surface area contributed by atoms with Crippen molar-refractivity contribution < 1.29 is 24.9 Å². The fourth-order valence-electron chi connectivity index (χ4n) is 1.75. The van der Waals surface area contributed by atoms with Gasteiger partial charge in [0.15, 0.2) is 0 Å². The number of nitrogens with one attached hydrogen (secondary N) is 2. The average molecular weight is 437 g/mol. The van der Waals surface area contributed by atoms with Crippen LogP contribution in [0.5, 0.6) is 0 Å². The molecule has 2 rings (SSSR count). The lowest BCUT2D eigenvalue weighted by molar-refractivity contribution is -0.114. The first-order chi connectivity index (χ1) is 15.0. The van der Waals surface area contributed by atoms with Crippen LogP contribution in [0.2, 0.25) is 0 Å². The fraction of sp³-hybridized carbons (Fsp3) is 0.417. The SMILES string of the molecule is CCc1ccccc1.CNCC(O)C=O.CO.Cc1ccccc1.O=CCNCCO. The van der Waals surface area contributed by atoms with E-state index < -0.39 is 6.10 Å². The van der Waals surface area contributed by atoms with Crippen molar-refractivity contribution in [3.63, 3.8) is 0 Å². The van der Waals surface area contributed by atoms with Crippen LogP contribution < -0.4 is 10.6 Å². The molecular formula is C24H40N2O5. The van der Waals surface area contributed by atoms with Crippen molar-refractivity contribution in [2.45, 2.75) is 26.4 Å². The van der Waals surface area contributed by atoms with Gasteiger partial charge in [-0.25, -0.2) is 0 Å². The molecule has 0 aliphatic heterocycles. The van der Waals surface area contributed by atoms with Crippen LogP contribution in [0.1, 0.15) is 18.1 Å². The number of aliphatic hydroxyl groups excluding tert-OH is 3. The van der Waals surface area contributed by atoms with Crippen LogP contribution >= 0.6 is 0 Å². The minimum Gasteiger partial charge on any atom is -0.400 e. The zero-order valence-electron chi connectivity index (χ0n) is 19.2. The Hall–Kier alpha value is -2.42. The van der Waals surface area contributed by atoms with E-state index in [1.807, 2.05) is 24.3 Å². The van der Waals surface area contributed by atoms with E-state index in [4.69, 9.17) is 15.3 Å². The number of rotatable bonds is 8. The number of aldehydes is 2. The number of benzene rings is 2. The summed E-state index contributed by atoms with van der Waals surface area (Å²) in [6.45, 7) is 5.51. The zero-order valence-corrected chi connectivity index (χ0v) is 19.2. The fourth-order valence-corrected chi connectivity index (χ4v) is 1.75. The Morgan fingerprint density at radius 3 is 1.74 bits per heavy atom. The molecular weight excluding hydrogens is 396 g/mol. The third-order valence-corrected chi connectivity index (χ3v) is 3.28. The maximum absolute atomic E-state index is 9.60. The van der Waals surface area contributed by atoms with Gasteiger partial charge in [0, 0.05) is 20.2 Å². The molecule has 1 unspecified atom stereocenters. The Labute approximate surface area is 187 Å². The van der Waals surface area contributed by atoms with E-state index in [-0.39, 0.29) is 6.61 Å². The molecule has 176 valence electrons. The van der Waals surface area contributed by atoms with Gasteiger partial charge in [0.05, 0.1) is 13.2 Å². The van der Waals surface area contributed by atoms with E-state index in [2.05, 4.69) is 60.9 Å². The second-order valence-corrected chi connectivity index (χ2v) is 5.85. The predicted octanol–water partition coefficient (Wildman–Crippen LogP) is 1.39. The molecule has 0 radical (unpaired) electrons. The minimum atomic E-state index is -0.843. The van der Waals surface area contributed by atoms with Gasteiger partial charge < -0.3 is 35.5 Å². The Morgan fingerprint density at radius 2 is 1.48 bits per heavy atom. The molecule has 0 spiro atoms. The Bertz CT molecular complexity index is 583. The Kier molecular flexibility index (Phi) is 31.9. The van der Waals surface area contributed by atoms with Gasteiger partial charge in [-0.3, -0.25) is 0 Å². The summed E-state index contributed by atoms with van der Waals surface area (Å²) in [5.41, 5.74) is 2.73. The highest BCUT2D eigenvalue weighted by atomic mass is 16.3. The summed E-state index contributed by atoms with van der Waals surface area (Å²) in [7, 11) is 2.67. The molecule has 7 heteroatoms. The molecule has 0 saturated heterocycles. The average Bonchev–Trinajstić information content (AvgIpc) is 2.83. The molecule has 5 N–H and O–H groups in total. The number of hydrogen-bond acceptors (Lipinski definition) is 7. The van der Waals surface area contributed by atoms with Crippen LogP contribution in [0.3, 0.4) is 0 Å². The monoisotopic (exact) mass is 436 g/mol. The summed E-state index contributed by atoms with van der Waals surface area (Å²) < 4.78 is 0. The smallest absolute Gasteiger partial charge is 0.149 e. The second-order valence-electron chi connectivity index (χ2n) is 5.85. The van der Waals surface area contributed by atoms with Crippen LogP contribution in [0, 0.1) is 6.92 Å². The van der Waals surface area contributed by atoms with Gasteiger partial charge in [-0.05, 0) is 26.0 Å². The lowest BCUT2D eigenvalue weighted by Gasteiger charge is -1.96. The van der Waals surface area contributed by atoms with E-state index >= 15 is 0 Å². The highest BCUT2D eigenvalue weighted by Crippen LogP contribution is 1.96. The molecule has 0 amide bonds. The quantitative estimate of drug-likeness (QED) is 0.313. The summed E-state index contributed by atoms with van der Waals surface area (Å²) in [4.78, 5) is 19.1. The summed E-state index contributed by atoms with van der Waals surface area (Å²) in [5.74, 6) is 0. The molecule has 31 heavy (non-hydrogen) atoms. The maximum atomic E-state index is 9.60. The number of aryl methyl sites for hydroxylation is 2. The lowest BCUT2D eigenvalue weighted by Crippen LogP contribution is -2.24. The molecule has 2 aromatic rings. The van der Waals surface area contributed by atoms with Crippen molar-refractivity contribution in [1.29, 1.82) is 0 Å². The number of aliphatic hydroxyl groups is 3. The summed E-state index contributed by atoms with van der Waals surface area (Å²) in [6, 6.07) is 20.7. The Morgan fingerprint density at radius 1 is 0.968 bits per heavy atom. The molecule has 0 fully saturated rings.